The fourth-order valence-electron chi connectivity index (χ4n) is 1.40. The van der Waals surface area contributed by atoms with Crippen molar-refractivity contribution >= 4 is 57.4 Å². The van der Waals surface area contributed by atoms with E-state index < -0.39 is 12.0 Å². The molecule has 0 aliphatic rings. The molecular formula is C11H7Cl2N3O3S. The van der Waals surface area contributed by atoms with Gasteiger partial charge in [0.15, 0.2) is 5.13 Å². The van der Waals surface area contributed by atoms with E-state index in [1.165, 1.54) is 29.7 Å². The van der Waals surface area contributed by atoms with Crippen molar-refractivity contribution in [3.05, 3.63) is 39.3 Å². The first kappa shape index (κ1) is 14.6. The molecule has 104 valence electrons. The monoisotopic (exact) mass is 331 g/mol. The lowest BCUT2D eigenvalue weighted by Crippen LogP contribution is -2.21. The number of amides is 2. The first-order chi connectivity index (χ1) is 9.47. The summed E-state index contributed by atoms with van der Waals surface area (Å²) in [5.41, 5.74) is -0.227. The Bertz CT molecular complexity index is 661. The van der Waals surface area contributed by atoms with E-state index in [2.05, 4.69) is 15.6 Å². The Balaban J connectivity index is 2.24. The van der Waals surface area contributed by atoms with Crippen LogP contribution in [0.2, 0.25) is 10.0 Å². The van der Waals surface area contributed by atoms with Crippen LogP contribution in [0.4, 0.5) is 15.6 Å². The molecule has 2 aromatic rings. The lowest BCUT2D eigenvalue weighted by atomic mass is 10.2. The predicted molar refractivity (Wildman–Crippen MR) is 78.2 cm³/mol. The highest BCUT2D eigenvalue weighted by atomic mass is 35.5. The maximum atomic E-state index is 11.8. The van der Waals surface area contributed by atoms with E-state index in [4.69, 9.17) is 28.3 Å². The number of benzene rings is 1. The number of aromatic carboxylic acids is 1. The van der Waals surface area contributed by atoms with Gasteiger partial charge in [-0.2, -0.15) is 0 Å². The molecule has 2 amide bonds. The lowest BCUT2D eigenvalue weighted by molar-refractivity contribution is 0.0698. The number of aromatic nitrogens is 1. The number of urea groups is 1. The number of hydrogen-bond acceptors (Lipinski definition) is 4. The molecule has 0 saturated heterocycles. The highest BCUT2D eigenvalue weighted by Crippen LogP contribution is 2.30. The number of nitrogens with zero attached hydrogens (tertiary/aromatic N) is 1. The third kappa shape index (κ3) is 3.38. The second kappa shape index (κ2) is 6.08. The molecule has 0 bridgehead atoms. The first-order valence-electron chi connectivity index (χ1n) is 5.17. The average Bonchev–Trinajstić information content (AvgIpc) is 2.84. The molecule has 1 aromatic carbocycles. The number of carbonyl (C=O) groups is 2. The summed E-state index contributed by atoms with van der Waals surface area (Å²) in [6.45, 7) is 0. The Hall–Kier alpha value is -1.83. The number of carboxylic acid groups (broad SMARTS) is 1. The summed E-state index contributed by atoms with van der Waals surface area (Å²) in [6, 6.07) is 1.90. The van der Waals surface area contributed by atoms with E-state index in [0.29, 0.717) is 5.13 Å². The molecule has 0 aliphatic carbocycles. The number of anilines is 2. The smallest absolute Gasteiger partial charge is 0.337 e. The number of hydrogen-bond donors (Lipinski definition) is 3. The number of thiazole rings is 1. The van der Waals surface area contributed by atoms with Gasteiger partial charge in [-0.3, -0.25) is 5.32 Å². The molecular weight excluding hydrogens is 325 g/mol. The van der Waals surface area contributed by atoms with E-state index >= 15 is 0 Å². The van der Waals surface area contributed by atoms with Gasteiger partial charge in [-0.1, -0.05) is 23.2 Å². The van der Waals surface area contributed by atoms with Gasteiger partial charge in [-0.25, -0.2) is 14.6 Å². The minimum absolute atomic E-state index is 0.0300. The Morgan fingerprint density at radius 1 is 1.25 bits per heavy atom. The minimum atomic E-state index is -1.25. The van der Waals surface area contributed by atoms with E-state index in [9.17, 15) is 9.59 Å². The number of carbonyl (C=O) groups excluding carboxylic acids is 1. The molecule has 0 saturated carbocycles. The summed E-state index contributed by atoms with van der Waals surface area (Å²) in [5, 5.41) is 16.2. The molecule has 0 radical (unpaired) electrons. The van der Waals surface area contributed by atoms with Crippen molar-refractivity contribution in [1.82, 2.24) is 4.98 Å². The van der Waals surface area contributed by atoms with Crippen LogP contribution in [-0.4, -0.2) is 22.1 Å². The van der Waals surface area contributed by atoms with Crippen molar-refractivity contribution in [3.8, 4) is 0 Å². The first-order valence-corrected chi connectivity index (χ1v) is 6.81. The molecule has 0 spiro atoms. The van der Waals surface area contributed by atoms with Crippen molar-refractivity contribution < 1.29 is 14.7 Å². The molecule has 0 unspecified atom stereocenters. The van der Waals surface area contributed by atoms with E-state index in [-0.39, 0.29) is 21.3 Å². The van der Waals surface area contributed by atoms with Crippen molar-refractivity contribution in [2.24, 2.45) is 0 Å². The van der Waals surface area contributed by atoms with Gasteiger partial charge in [-0.15, -0.1) is 11.3 Å². The van der Waals surface area contributed by atoms with Crippen LogP contribution in [0.1, 0.15) is 10.4 Å². The Morgan fingerprint density at radius 2 is 2.00 bits per heavy atom. The van der Waals surface area contributed by atoms with E-state index in [1.807, 2.05) is 0 Å². The highest BCUT2D eigenvalue weighted by molar-refractivity contribution is 7.13. The zero-order chi connectivity index (χ0) is 14.7. The normalized spacial score (nSPS) is 10.1. The van der Waals surface area contributed by atoms with Crippen LogP contribution in [0.5, 0.6) is 0 Å². The number of nitrogens with one attached hydrogen (secondary N) is 2. The molecule has 9 heteroatoms. The SMILES string of the molecule is O=C(Nc1nccs1)Nc1c(Cl)cc(Cl)cc1C(=O)O. The van der Waals surface area contributed by atoms with Crippen LogP contribution in [-0.2, 0) is 0 Å². The zero-order valence-corrected chi connectivity index (χ0v) is 12.0. The van der Waals surface area contributed by atoms with Crippen LogP contribution in [0.15, 0.2) is 23.7 Å². The topological polar surface area (TPSA) is 91.3 Å². The second-order valence-corrected chi connectivity index (χ2v) is 5.27. The van der Waals surface area contributed by atoms with Gasteiger partial charge in [0.05, 0.1) is 16.3 Å². The fraction of sp³-hybridized carbons (Fsp3) is 0. The molecule has 6 nitrogen and oxygen atoms in total. The van der Waals surface area contributed by atoms with E-state index in [1.54, 1.807) is 5.38 Å². The van der Waals surface area contributed by atoms with Crippen LogP contribution in [0.25, 0.3) is 0 Å². The highest BCUT2D eigenvalue weighted by Gasteiger charge is 2.17. The molecule has 20 heavy (non-hydrogen) atoms. The number of halogens is 2. The number of rotatable bonds is 3. The molecule has 0 aliphatic heterocycles. The van der Waals surface area contributed by atoms with Gasteiger partial charge in [-0.05, 0) is 12.1 Å². The summed E-state index contributed by atoms with van der Waals surface area (Å²) < 4.78 is 0. The van der Waals surface area contributed by atoms with Gasteiger partial charge in [0.1, 0.15) is 0 Å². The minimum Gasteiger partial charge on any atom is -0.478 e. The largest absolute Gasteiger partial charge is 0.478 e. The van der Waals surface area contributed by atoms with Crippen molar-refractivity contribution in [2.45, 2.75) is 0 Å². The Labute approximate surface area is 127 Å². The van der Waals surface area contributed by atoms with E-state index in [0.717, 1.165) is 0 Å². The van der Waals surface area contributed by atoms with Gasteiger partial charge in [0.2, 0.25) is 0 Å². The summed E-state index contributed by atoms with van der Waals surface area (Å²) >= 11 is 12.9. The summed E-state index contributed by atoms with van der Waals surface area (Å²) in [4.78, 5) is 26.7. The molecule has 3 N–H and O–H groups in total. The molecule has 2 rings (SSSR count). The van der Waals surface area contributed by atoms with Crippen molar-refractivity contribution in [2.75, 3.05) is 10.6 Å². The maximum Gasteiger partial charge on any atom is 0.337 e. The van der Waals surface area contributed by atoms with Gasteiger partial charge in [0, 0.05) is 16.6 Å². The average molecular weight is 332 g/mol. The van der Waals surface area contributed by atoms with Crippen molar-refractivity contribution in [3.63, 3.8) is 0 Å². The third-order valence-corrected chi connectivity index (χ3v) is 3.38. The molecule has 1 aromatic heterocycles. The van der Waals surface area contributed by atoms with Crippen LogP contribution in [0.3, 0.4) is 0 Å². The Kier molecular flexibility index (Phi) is 4.43. The Morgan fingerprint density at radius 3 is 2.60 bits per heavy atom. The summed E-state index contributed by atoms with van der Waals surface area (Å²) in [6.07, 6.45) is 1.53. The van der Waals surface area contributed by atoms with Crippen LogP contribution in [0, 0.1) is 0 Å². The van der Waals surface area contributed by atoms with Crippen LogP contribution >= 0.6 is 34.5 Å². The lowest BCUT2D eigenvalue weighted by Gasteiger charge is -2.11. The standard InChI is InChI=1S/C11H7Cl2N3O3S/c12-5-3-6(9(17)18)8(7(13)4-5)15-10(19)16-11-14-1-2-20-11/h1-4H,(H,17,18)(H2,14,15,16,19). The van der Waals surface area contributed by atoms with Crippen molar-refractivity contribution in [1.29, 1.82) is 0 Å². The summed E-state index contributed by atoms with van der Waals surface area (Å²) in [5.74, 6) is -1.25. The molecule has 0 atom stereocenters. The van der Waals surface area contributed by atoms with Gasteiger partial charge >= 0.3 is 12.0 Å². The number of carboxylic acids is 1. The van der Waals surface area contributed by atoms with Gasteiger partial charge in [0.25, 0.3) is 0 Å². The zero-order valence-electron chi connectivity index (χ0n) is 9.68. The molecule has 1 heterocycles. The quantitative estimate of drug-likeness (QED) is 0.797. The van der Waals surface area contributed by atoms with Gasteiger partial charge < -0.3 is 10.4 Å². The summed E-state index contributed by atoms with van der Waals surface area (Å²) in [7, 11) is 0. The second-order valence-electron chi connectivity index (χ2n) is 3.53. The third-order valence-electron chi connectivity index (χ3n) is 2.18. The predicted octanol–water partition coefficient (Wildman–Crippen LogP) is 3.79. The van der Waals surface area contributed by atoms with Crippen LogP contribution < -0.4 is 10.6 Å². The molecule has 0 fully saturated rings. The fourth-order valence-corrected chi connectivity index (χ4v) is 2.46. The maximum absolute atomic E-state index is 11.8.